The van der Waals surface area contributed by atoms with Gasteiger partial charge in [-0.2, -0.15) is 0 Å². The molecule has 0 amide bonds. The quantitative estimate of drug-likeness (QED) is 0.361. The van der Waals surface area contributed by atoms with Crippen LogP contribution in [0.15, 0.2) is 60.7 Å². The lowest BCUT2D eigenvalue weighted by Crippen LogP contribution is -2.53. The van der Waals surface area contributed by atoms with Gasteiger partial charge in [0.15, 0.2) is 11.6 Å². The molecule has 0 bridgehead atoms. The summed E-state index contributed by atoms with van der Waals surface area (Å²) in [6.07, 6.45) is -1.10. The summed E-state index contributed by atoms with van der Waals surface area (Å²) in [5, 5.41) is 0. The molecule has 0 saturated carbocycles. The van der Waals surface area contributed by atoms with Crippen molar-refractivity contribution in [2.45, 2.75) is 116 Å². The Labute approximate surface area is 233 Å². The number of hydrogen-bond acceptors (Lipinski definition) is 7. The second kappa shape index (κ2) is 11.7. The molecule has 214 valence electrons. The van der Waals surface area contributed by atoms with Gasteiger partial charge in [-0.05, 0) is 66.5 Å². The first-order chi connectivity index (χ1) is 18.2. The molecule has 2 aliphatic heterocycles. The van der Waals surface area contributed by atoms with Gasteiger partial charge in [0.25, 0.3) is 0 Å². The molecule has 2 heterocycles. The molecule has 2 saturated heterocycles. The van der Waals surface area contributed by atoms with E-state index in [9.17, 15) is 4.79 Å². The molecule has 4 rings (SSSR count). The van der Waals surface area contributed by atoms with Gasteiger partial charge in [0.1, 0.15) is 23.9 Å². The second-order valence-electron chi connectivity index (χ2n) is 12.5. The first-order valence-electron chi connectivity index (χ1n) is 14.0. The molecule has 7 nitrogen and oxygen atoms in total. The third kappa shape index (κ3) is 7.89. The number of esters is 1. The Hall–Kier alpha value is -2.29. The van der Waals surface area contributed by atoms with Crippen molar-refractivity contribution in [2.75, 3.05) is 6.61 Å². The summed E-state index contributed by atoms with van der Waals surface area (Å²) in [6, 6.07) is 20.3. The minimum Gasteiger partial charge on any atom is -0.460 e. The average Bonchev–Trinajstić information content (AvgIpc) is 3.38. The first kappa shape index (κ1) is 29.7. The zero-order valence-corrected chi connectivity index (χ0v) is 24.7. The first-order valence-corrected chi connectivity index (χ1v) is 14.0. The third-order valence-corrected chi connectivity index (χ3v) is 7.15. The van der Waals surface area contributed by atoms with Gasteiger partial charge in [-0.25, -0.2) is 0 Å². The molecule has 2 aliphatic rings. The van der Waals surface area contributed by atoms with E-state index in [-0.39, 0.29) is 30.6 Å². The molecular weight excluding hydrogens is 494 g/mol. The third-order valence-electron chi connectivity index (χ3n) is 7.15. The fourth-order valence-electron chi connectivity index (χ4n) is 5.51. The second-order valence-corrected chi connectivity index (χ2v) is 12.5. The molecule has 0 aromatic heterocycles. The van der Waals surface area contributed by atoms with E-state index in [0.29, 0.717) is 13.2 Å². The van der Waals surface area contributed by atoms with E-state index in [1.165, 1.54) is 0 Å². The number of hydrogen-bond donors (Lipinski definition) is 0. The molecule has 0 spiro atoms. The molecule has 2 aromatic rings. The molecule has 0 aliphatic carbocycles. The van der Waals surface area contributed by atoms with Gasteiger partial charge in [-0.1, -0.05) is 60.7 Å². The lowest BCUT2D eigenvalue weighted by molar-refractivity contribution is -0.175. The molecule has 0 radical (unpaired) electrons. The average molecular weight is 540 g/mol. The Morgan fingerprint density at radius 1 is 0.949 bits per heavy atom. The fourth-order valence-corrected chi connectivity index (χ4v) is 5.51. The van der Waals surface area contributed by atoms with Crippen molar-refractivity contribution in [3.8, 4) is 0 Å². The van der Waals surface area contributed by atoms with Gasteiger partial charge in [0.2, 0.25) is 0 Å². The zero-order chi connectivity index (χ0) is 28.4. The molecule has 7 heteroatoms. The summed E-state index contributed by atoms with van der Waals surface area (Å²) >= 11 is 0. The lowest BCUT2D eigenvalue weighted by atomic mass is 9.93. The van der Waals surface area contributed by atoms with Crippen LogP contribution in [0.5, 0.6) is 0 Å². The van der Waals surface area contributed by atoms with Crippen molar-refractivity contribution >= 4 is 5.97 Å². The Kier molecular flexibility index (Phi) is 8.89. The normalized spacial score (nSPS) is 25.9. The standard InChI is InChI=1S/C32H45NO6/c1-22(24-17-13-10-14-18-24)33(20-23-15-11-9-12-16-23)25(19-27(34)37-30(2,3)4)28-29(39-32(7,8)38-28)26-21-35-31(5,6)36-26/h9-18,22,25-26,28-29H,19-21H2,1-8H3. The Bertz CT molecular complexity index is 1080. The number of ether oxygens (including phenoxy) is 5. The van der Waals surface area contributed by atoms with Crippen LogP contribution in [-0.4, -0.2) is 59.0 Å². The summed E-state index contributed by atoms with van der Waals surface area (Å²) < 4.78 is 31.1. The Morgan fingerprint density at radius 3 is 2.13 bits per heavy atom. The topological polar surface area (TPSA) is 66.5 Å². The number of benzene rings is 2. The summed E-state index contributed by atoms with van der Waals surface area (Å²) in [5.41, 5.74) is 1.69. The fraction of sp³-hybridized carbons (Fsp3) is 0.594. The van der Waals surface area contributed by atoms with E-state index >= 15 is 0 Å². The van der Waals surface area contributed by atoms with Gasteiger partial charge in [-0.3, -0.25) is 9.69 Å². The highest BCUT2D eigenvalue weighted by Gasteiger charge is 2.54. The monoisotopic (exact) mass is 539 g/mol. The van der Waals surface area contributed by atoms with E-state index in [1.54, 1.807) is 0 Å². The van der Waals surface area contributed by atoms with Crippen molar-refractivity contribution in [1.82, 2.24) is 4.90 Å². The maximum atomic E-state index is 13.4. The highest BCUT2D eigenvalue weighted by Crippen LogP contribution is 2.40. The van der Waals surface area contributed by atoms with Crippen molar-refractivity contribution in [1.29, 1.82) is 0 Å². The van der Waals surface area contributed by atoms with Crippen molar-refractivity contribution in [3.05, 3.63) is 71.8 Å². The smallest absolute Gasteiger partial charge is 0.308 e. The van der Waals surface area contributed by atoms with Gasteiger partial charge in [0.05, 0.1) is 19.1 Å². The van der Waals surface area contributed by atoms with Crippen LogP contribution < -0.4 is 0 Å². The molecule has 2 aromatic carbocycles. The number of carbonyl (C=O) groups is 1. The van der Waals surface area contributed by atoms with Crippen LogP contribution >= 0.6 is 0 Å². The van der Waals surface area contributed by atoms with Gasteiger partial charge in [-0.15, -0.1) is 0 Å². The molecule has 0 N–H and O–H groups in total. The van der Waals surface area contributed by atoms with Crippen LogP contribution in [0.3, 0.4) is 0 Å². The maximum Gasteiger partial charge on any atom is 0.308 e. The molecular formula is C32H45NO6. The van der Waals surface area contributed by atoms with E-state index in [0.717, 1.165) is 11.1 Å². The van der Waals surface area contributed by atoms with E-state index in [1.807, 2.05) is 84.9 Å². The predicted molar refractivity (Wildman–Crippen MR) is 150 cm³/mol. The number of carbonyl (C=O) groups excluding carboxylic acids is 1. The zero-order valence-electron chi connectivity index (χ0n) is 24.7. The van der Waals surface area contributed by atoms with Crippen molar-refractivity contribution in [2.24, 2.45) is 0 Å². The Balaban J connectivity index is 1.76. The van der Waals surface area contributed by atoms with Crippen LogP contribution in [0.25, 0.3) is 0 Å². The highest BCUT2D eigenvalue weighted by molar-refractivity contribution is 5.70. The van der Waals surface area contributed by atoms with Gasteiger partial charge < -0.3 is 23.7 Å². The van der Waals surface area contributed by atoms with Crippen LogP contribution in [0.2, 0.25) is 0 Å². The Morgan fingerprint density at radius 2 is 1.56 bits per heavy atom. The molecule has 5 unspecified atom stereocenters. The van der Waals surface area contributed by atoms with Gasteiger partial charge in [0, 0.05) is 12.6 Å². The van der Waals surface area contributed by atoms with E-state index in [2.05, 4.69) is 36.1 Å². The van der Waals surface area contributed by atoms with Gasteiger partial charge >= 0.3 is 5.97 Å². The SMILES string of the molecule is CC(c1ccccc1)N(Cc1ccccc1)C(CC(=O)OC(C)(C)C)C1OC(C)(C)OC1C1COC(C)(C)O1. The molecule has 5 atom stereocenters. The van der Waals surface area contributed by atoms with E-state index in [4.69, 9.17) is 23.7 Å². The minimum absolute atomic E-state index is 0.0241. The molecule has 39 heavy (non-hydrogen) atoms. The predicted octanol–water partition coefficient (Wildman–Crippen LogP) is 6.02. The minimum atomic E-state index is -0.855. The lowest BCUT2D eigenvalue weighted by Gasteiger charge is -2.41. The number of rotatable bonds is 9. The van der Waals surface area contributed by atoms with Crippen LogP contribution in [0.4, 0.5) is 0 Å². The summed E-state index contributed by atoms with van der Waals surface area (Å²) in [7, 11) is 0. The molecule has 2 fully saturated rings. The maximum absolute atomic E-state index is 13.4. The summed E-state index contributed by atoms with van der Waals surface area (Å²) in [5.74, 6) is -1.85. The van der Waals surface area contributed by atoms with Crippen LogP contribution in [0, 0.1) is 0 Å². The summed E-state index contributed by atoms with van der Waals surface area (Å²) in [6.45, 7) is 16.5. The van der Waals surface area contributed by atoms with Crippen molar-refractivity contribution in [3.63, 3.8) is 0 Å². The van der Waals surface area contributed by atoms with Crippen LogP contribution in [-0.2, 0) is 35.0 Å². The summed E-state index contributed by atoms with van der Waals surface area (Å²) in [4.78, 5) is 15.8. The largest absolute Gasteiger partial charge is 0.460 e. The number of nitrogens with zero attached hydrogens (tertiary/aromatic N) is 1. The van der Waals surface area contributed by atoms with E-state index < -0.39 is 29.4 Å². The van der Waals surface area contributed by atoms with Crippen LogP contribution in [0.1, 0.15) is 79.0 Å². The van der Waals surface area contributed by atoms with Crippen molar-refractivity contribution < 1.29 is 28.5 Å². The highest BCUT2D eigenvalue weighted by atomic mass is 16.8.